The van der Waals surface area contributed by atoms with Crippen LogP contribution in [0.2, 0.25) is 0 Å². The van der Waals surface area contributed by atoms with Gasteiger partial charge in [0.1, 0.15) is 5.82 Å². The minimum atomic E-state index is -0.533. The number of hydrogen-bond donors (Lipinski definition) is 1. The highest BCUT2D eigenvalue weighted by molar-refractivity contribution is 5.65. The molecular weight excluding hydrogens is 256 g/mol. The average molecular weight is 272 g/mol. The normalized spacial score (nSPS) is 10.3. The van der Waals surface area contributed by atoms with Crippen LogP contribution >= 0.6 is 0 Å². The summed E-state index contributed by atoms with van der Waals surface area (Å²) in [6.07, 6.45) is 0. The Morgan fingerprint density at radius 1 is 1.25 bits per heavy atom. The van der Waals surface area contributed by atoms with Gasteiger partial charge in [0.15, 0.2) is 0 Å². The maximum Gasteiger partial charge on any atom is 0.311 e. The Kier molecular flexibility index (Phi) is 3.84. The molecule has 1 aromatic carbocycles. The molecule has 0 saturated carbocycles. The lowest BCUT2D eigenvalue weighted by Crippen LogP contribution is -2.18. The van der Waals surface area contributed by atoms with Crippen molar-refractivity contribution < 1.29 is 4.92 Å². The Balaban J connectivity index is 2.39. The molecule has 0 radical (unpaired) electrons. The highest BCUT2D eigenvalue weighted by Gasteiger charge is 2.16. The lowest BCUT2D eigenvalue weighted by molar-refractivity contribution is -0.384. The third-order valence-electron chi connectivity index (χ3n) is 3.02. The lowest BCUT2D eigenvalue weighted by atomic mass is 10.2. The van der Waals surface area contributed by atoms with Gasteiger partial charge in [-0.05, 0) is 32.0 Å². The van der Waals surface area contributed by atoms with Gasteiger partial charge in [-0.25, -0.2) is 4.98 Å². The van der Waals surface area contributed by atoms with Crippen LogP contribution in [0.5, 0.6) is 0 Å². The van der Waals surface area contributed by atoms with Crippen molar-refractivity contribution in [3.8, 4) is 0 Å². The Labute approximate surface area is 117 Å². The summed E-state index contributed by atoms with van der Waals surface area (Å²) in [6.45, 7) is 4.69. The zero-order chi connectivity index (χ0) is 14.7. The first kappa shape index (κ1) is 13.8. The average Bonchev–Trinajstić information content (AvgIpc) is 2.41. The second-order valence-electron chi connectivity index (χ2n) is 4.41. The smallest absolute Gasteiger partial charge is 0.311 e. The Morgan fingerprint density at radius 2 is 1.90 bits per heavy atom. The summed E-state index contributed by atoms with van der Waals surface area (Å²) in [5, 5.41) is 10.8. The molecule has 0 bridgehead atoms. The van der Waals surface area contributed by atoms with Crippen molar-refractivity contribution in [2.24, 2.45) is 0 Å². The van der Waals surface area contributed by atoms with Gasteiger partial charge in [0.2, 0.25) is 5.82 Å². The van der Waals surface area contributed by atoms with Gasteiger partial charge in [-0.1, -0.05) is 17.7 Å². The van der Waals surface area contributed by atoms with Gasteiger partial charge < -0.3 is 10.6 Å². The molecule has 0 unspecified atom stereocenters. The summed E-state index contributed by atoms with van der Waals surface area (Å²) in [7, 11) is 0. The van der Waals surface area contributed by atoms with Crippen LogP contribution in [0.4, 0.5) is 23.0 Å². The molecule has 0 spiro atoms. The minimum Gasteiger partial charge on any atom is -0.378 e. The highest BCUT2D eigenvalue weighted by atomic mass is 16.6. The first-order valence-corrected chi connectivity index (χ1v) is 6.28. The van der Waals surface area contributed by atoms with Gasteiger partial charge in [-0.2, -0.15) is 0 Å². The predicted molar refractivity (Wildman–Crippen MR) is 79.2 cm³/mol. The summed E-state index contributed by atoms with van der Waals surface area (Å²) < 4.78 is 0. The number of nitrogens with two attached hydrogens (primary N) is 1. The first-order chi connectivity index (χ1) is 9.52. The molecule has 0 amide bonds. The van der Waals surface area contributed by atoms with E-state index in [9.17, 15) is 10.1 Å². The van der Waals surface area contributed by atoms with E-state index in [-0.39, 0.29) is 11.5 Å². The van der Waals surface area contributed by atoms with Crippen LogP contribution in [0, 0.1) is 17.0 Å². The van der Waals surface area contributed by atoms with Crippen molar-refractivity contribution in [3.05, 3.63) is 52.1 Å². The van der Waals surface area contributed by atoms with Gasteiger partial charge in [0.25, 0.3) is 0 Å². The molecule has 20 heavy (non-hydrogen) atoms. The van der Waals surface area contributed by atoms with Crippen molar-refractivity contribution >= 4 is 23.0 Å². The van der Waals surface area contributed by atoms with Crippen LogP contribution in [0.3, 0.4) is 0 Å². The monoisotopic (exact) mass is 272 g/mol. The van der Waals surface area contributed by atoms with Gasteiger partial charge in [-0.15, -0.1) is 0 Å². The second kappa shape index (κ2) is 5.56. The van der Waals surface area contributed by atoms with Crippen LogP contribution in [0.1, 0.15) is 12.5 Å². The minimum absolute atomic E-state index is 0.0712. The van der Waals surface area contributed by atoms with E-state index >= 15 is 0 Å². The molecule has 6 nitrogen and oxygen atoms in total. The van der Waals surface area contributed by atoms with Crippen LogP contribution in [0.15, 0.2) is 36.4 Å². The summed E-state index contributed by atoms with van der Waals surface area (Å²) in [5.41, 5.74) is 7.60. The van der Waals surface area contributed by atoms with E-state index < -0.39 is 4.92 Å². The molecule has 0 atom stereocenters. The fourth-order valence-corrected chi connectivity index (χ4v) is 1.96. The van der Waals surface area contributed by atoms with Crippen molar-refractivity contribution in [1.29, 1.82) is 0 Å². The molecule has 0 aliphatic heterocycles. The van der Waals surface area contributed by atoms with Crippen LogP contribution in [-0.2, 0) is 0 Å². The Morgan fingerprint density at radius 3 is 2.40 bits per heavy atom. The molecular formula is C14H16N4O2. The number of anilines is 3. The summed E-state index contributed by atoms with van der Waals surface area (Å²) in [6, 6.07) is 11.0. The van der Waals surface area contributed by atoms with Gasteiger partial charge in [0, 0.05) is 18.3 Å². The number of aryl methyl sites for hydroxylation is 1. The largest absolute Gasteiger partial charge is 0.378 e. The number of benzene rings is 1. The number of nitrogen functional groups attached to an aromatic ring is 1. The molecule has 0 aliphatic carbocycles. The molecule has 1 aromatic heterocycles. The van der Waals surface area contributed by atoms with E-state index in [0.29, 0.717) is 12.4 Å². The number of rotatable bonds is 4. The fourth-order valence-electron chi connectivity index (χ4n) is 1.96. The molecule has 2 N–H and O–H groups in total. The van der Waals surface area contributed by atoms with E-state index in [1.165, 1.54) is 11.6 Å². The summed E-state index contributed by atoms with van der Waals surface area (Å²) in [5.74, 6) is 0.525. The van der Waals surface area contributed by atoms with Crippen molar-refractivity contribution in [3.63, 3.8) is 0 Å². The standard InChI is InChI=1S/C14H16N4O2/c1-3-17(11-6-4-10(2)5-7-11)13-9-8-12(18(19)20)14(15)16-13/h4-9H,3H2,1-2H3,(H2,15,16). The third-order valence-corrected chi connectivity index (χ3v) is 3.02. The highest BCUT2D eigenvalue weighted by Crippen LogP contribution is 2.28. The molecule has 1 heterocycles. The topological polar surface area (TPSA) is 85.3 Å². The fraction of sp³-hybridized carbons (Fsp3) is 0.214. The first-order valence-electron chi connectivity index (χ1n) is 6.28. The molecule has 0 aliphatic rings. The predicted octanol–water partition coefficient (Wildman–Crippen LogP) is 3.04. The van der Waals surface area contributed by atoms with Crippen LogP contribution in [-0.4, -0.2) is 16.5 Å². The van der Waals surface area contributed by atoms with Gasteiger partial charge >= 0.3 is 5.69 Å². The molecule has 0 fully saturated rings. The van der Waals surface area contributed by atoms with Gasteiger partial charge in [-0.3, -0.25) is 10.1 Å². The van der Waals surface area contributed by atoms with Crippen molar-refractivity contribution in [2.75, 3.05) is 17.2 Å². The molecule has 2 aromatic rings. The molecule has 104 valence electrons. The number of aromatic nitrogens is 1. The lowest BCUT2D eigenvalue weighted by Gasteiger charge is -2.22. The molecule has 2 rings (SSSR count). The van der Waals surface area contributed by atoms with Crippen LogP contribution < -0.4 is 10.6 Å². The van der Waals surface area contributed by atoms with E-state index in [1.54, 1.807) is 6.07 Å². The van der Waals surface area contributed by atoms with E-state index in [0.717, 1.165) is 5.69 Å². The SMILES string of the molecule is CCN(c1ccc(C)cc1)c1ccc([N+](=O)[O-])c(N)n1. The molecule has 6 heteroatoms. The molecule has 0 saturated heterocycles. The van der Waals surface area contributed by atoms with E-state index in [4.69, 9.17) is 5.73 Å². The third kappa shape index (κ3) is 2.69. The second-order valence-corrected chi connectivity index (χ2v) is 4.41. The van der Waals surface area contributed by atoms with Crippen molar-refractivity contribution in [1.82, 2.24) is 4.98 Å². The van der Waals surface area contributed by atoms with E-state index in [1.807, 2.05) is 43.0 Å². The number of pyridine rings is 1. The zero-order valence-electron chi connectivity index (χ0n) is 11.4. The quantitative estimate of drug-likeness (QED) is 0.683. The maximum atomic E-state index is 10.8. The Hall–Kier alpha value is -2.63. The number of nitro groups is 1. The summed E-state index contributed by atoms with van der Waals surface area (Å²) >= 11 is 0. The number of hydrogen-bond acceptors (Lipinski definition) is 5. The van der Waals surface area contributed by atoms with Crippen LogP contribution in [0.25, 0.3) is 0 Å². The number of nitrogens with zero attached hydrogens (tertiary/aromatic N) is 3. The van der Waals surface area contributed by atoms with Gasteiger partial charge in [0.05, 0.1) is 4.92 Å². The Bertz CT molecular complexity index is 626. The van der Waals surface area contributed by atoms with Crippen molar-refractivity contribution in [2.45, 2.75) is 13.8 Å². The zero-order valence-corrected chi connectivity index (χ0v) is 11.4. The maximum absolute atomic E-state index is 10.8. The summed E-state index contributed by atoms with van der Waals surface area (Å²) in [4.78, 5) is 16.3. The van der Waals surface area contributed by atoms with E-state index in [2.05, 4.69) is 4.98 Å².